The predicted molar refractivity (Wildman–Crippen MR) is 199 cm³/mol. The average Bonchev–Trinajstić information content (AvgIpc) is 3.10. The standard InChI is InChI=1S/C44H45N2O2/c1-42(2,3)33-18-20-34(21-19-33)44(43(4,5)6)40(31-16-24-36(48-8)25-17-31)38(39-13-9-10-27-46-39)28-37(30-14-22-35(47-7)23-15-30)41(44)32-12-11-26-45-29-32/h9-29H,1-8H3. The number of benzene rings is 3. The first-order valence-electron chi connectivity index (χ1n) is 16.5. The van der Waals surface area contributed by atoms with Crippen molar-refractivity contribution in [2.75, 3.05) is 14.2 Å². The molecule has 4 heteroatoms. The van der Waals surface area contributed by atoms with E-state index in [1.165, 1.54) is 22.3 Å². The number of aromatic nitrogens is 2. The summed E-state index contributed by atoms with van der Waals surface area (Å²) in [5, 5.41) is 0. The van der Waals surface area contributed by atoms with E-state index in [4.69, 9.17) is 14.5 Å². The lowest BCUT2D eigenvalue weighted by atomic mass is 9.49. The fraction of sp³-hybridized carbons (Fsp3) is 0.250. The van der Waals surface area contributed by atoms with Crippen molar-refractivity contribution in [1.82, 2.24) is 9.97 Å². The lowest BCUT2D eigenvalue weighted by Crippen LogP contribution is -2.45. The molecule has 3 aromatic carbocycles. The van der Waals surface area contributed by atoms with Crippen LogP contribution in [0.15, 0.2) is 122 Å². The summed E-state index contributed by atoms with van der Waals surface area (Å²) in [5.74, 6) is 1.63. The summed E-state index contributed by atoms with van der Waals surface area (Å²) in [6.07, 6.45) is 8.07. The van der Waals surface area contributed by atoms with Crippen LogP contribution in [0.3, 0.4) is 0 Å². The first kappa shape index (κ1) is 33.0. The lowest BCUT2D eigenvalue weighted by Gasteiger charge is -2.53. The Balaban J connectivity index is 1.84. The van der Waals surface area contributed by atoms with Crippen molar-refractivity contribution in [2.24, 2.45) is 5.41 Å². The monoisotopic (exact) mass is 633 g/mol. The first-order chi connectivity index (χ1) is 23.0. The summed E-state index contributed by atoms with van der Waals surface area (Å²) in [6, 6.07) is 36.6. The van der Waals surface area contributed by atoms with Crippen LogP contribution in [0.1, 0.15) is 75.1 Å². The van der Waals surface area contributed by atoms with E-state index in [1.807, 2.05) is 42.9 Å². The maximum absolute atomic E-state index is 5.64. The van der Waals surface area contributed by atoms with Crippen molar-refractivity contribution in [3.8, 4) is 11.5 Å². The number of allylic oxidation sites excluding steroid dienone is 4. The van der Waals surface area contributed by atoms with Crippen LogP contribution in [0.25, 0.3) is 22.3 Å². The molecule has 0 fully saturated rings. The second-order valence-electron chi connectivity index (χ2n) is 14.5. The zero-order valence-corrected chi connectivity index (χ0v) is 29.3. The number of nitrogens with zero attached hydrogens (tertiary/aromatic N) is 2. The number of hydrogen-bond acceptors (Lipinski definition) is 4. The second kappa shape index (κ2) is 12.9. The van der Waals surface area contributed by atoms with Crippen LogP contribution in [0.4, 0.5) is 0 Å². The smallest absolute Gasteiger partial charge is 0.118 e. The molecule has 1 unspecified atom stereocenters. The Morgan fingerprint density at radius 2 is 1.17 bits per heavy atom. The van der Waals surface area contributed by atoms with Crippen molar-refractivity contribution in [1.29, 1.82) is 0 Å². The molecule has 0 bridgehead atoms. The normalized spacial score (nSPS) is 17.0. The number of pyridine rings is 2. The number of methoxy groups -OCH3 is 2. The molecule has 0 N–H and O–H groups in total. The molecule has 1 atom stereocenters. The number of ether oxygens (including phenoxy) is 2. The largest absolute Gasteiger partial charge is 0.497 e. The molecule has 1 radical (unpaired) electrons. The highest BCUT2D eigenvalue weighted by molar-refractivity contribution is 6.19. The first-order valence-corrected chi connectivity index (χ1v) is 16.5. The van der Waals surface area contributed by atoms with E-state index in [9.17, 15) is 0 Å². The molecule has 2 heterocycles. The van der Waals surface area contributed by atoms with Gasteiger partial charge < -0.3 is 9.47 Å². The van der Waals surface area contributed by atoms with Crippen molar-refractivity contribution < 1.29 is 9.47 Å². The summed E-state index contributed by atoms with van der Waals surface area (Å²) in [4.78, 5) is 9.67. The molecule has 48 heavy (non-hydrogen) atoms. The van der Waals surface area contributed by atoms with E-state index in [1.54, 1.807) is 14.2 Å². The van der Waals surface area contributed by atoms with Gasteiger partial charge in [-0.25, -0.2) is 0 Å². The van der Waals surface area contributed by atoms with Gasteiger partial charge in [-0.3, -0.25) is 9.97 Å². The molecule has 6 rings (SSSR count). The predicted octanol–water partition coefficient (Wildman–Crippen LogP) is 10.5. The molecule has 0 amide bonds. The Labute approximate surface area is 286 Å². The third kappa shape index (κ3) is 5.85. The van der Waals surface area contributed by atoms with Gasteiger partial charge in [-0.05, 0) is 103 Å². The molecule has 243 valence electrons. The van der Waals surface area contributed by atoms with Gasteiger partial charge in [-0.15, -0.1) is 0 Å². The Morgan fingerprint density at radius 3 is 1.67 bits per heavy atom. The molecule has 0 aliphatic heterocycles. The minimum absolute atomic E-state index is 0.0117. The fourth-order valence-electron chi connectivity index (χ4n) is 7.24. The molecule has 0 saturated heterocycles. The molecule has 0 spiro atoms. The highest BCUT2D eigenvalue weighted by Crippen LogP contribution is 2.65. The highest BCUT2D eigenvalue weighted by atomic mass is 16.5. The van der Waals surface area contributed by atoms with E-state index >= 15 is 0 Å². The minimum atomic E-state index is -0.669. The highest BCUT2D eigenvalue weighted by Gasteiger charge is 2.54. The molecular formula is C44H45N2O2. The van der Waals surface area contributed by atoms with Gasteiger partial charge in [-0.1, -0.05) is 102 Å². The van der Waals surface area contributed by atoms with Gasteiger partial charge in [-0.2, -0.15) is 0 Å². The molecule has 1 aliphatic carbocycles. The van der Waals surface area contributed by atoms with Crippen LogP contribution in [-0.4, -0.2) is 24.2 Å². The Kier molecular flexibility index (Phi) is 8.87. The maximum atomic E-state index is 5.64. The fourth-order valence-corrected chi connectivity index (χ4v) is 7.24. The summed E-state index contributed by atoms with van der Waals surface area (Å²) in [5.41, 5.74) is 10.3. The van der Waals surface area contributed by atoms with Crippen molar-refractivity contribution in [3.63, 3.8) is 0 Å². The maximum Gasteiger partial charge on any atom is 0.118 e. The molecule has 4 nitrogen and oxygen atoms in total. The van der Waals surface area contributed by atoms with Crippen LogP contribution in [0.5, 0.6) is 11.5 Å². The lowest BCUT2D eigenvalue weighted by molar-refractivity contribution is 0.310. The van der Waals surface area contributed by atoms with Gasteiger partial charge in [0.1, 0.15) is 11.5 Å². The van der Waals surface area contributed by atoms with Gasteiger partial charge >= 0.3 is 0 Å². The zero-order chi connectivity index (χ0) is 34.1. The van der Waals surface area contributed by atoms with Gasteiger partial charge in [0.05, 0.1) is 25.3 Å². The van der Waals surface area contributed by atoms with Crippen LogP contribution in [0, 0.1) is 11.8 Å². The minimum Gasteiger partial charge on any atom is -0.497 e. The van der Waals surface area contributed by atoms with Gasteiger partial charge in [0, 0.05) is 25.0 Å². The van der Waals surface area contributed by atoms with E-state index in [-0.39, 0.29) is 10.8 Å². The summed E-state index contributed by atoms with van der Waals surface area (Å²) in [7, 11) is 3.42. The Bertz CT molecular complexity index is 1930. The molecule has 1 aliphatic rings. The van der Waals surface area contributed by atoms with Gasteiger partial charge in [0.25, 0.3) is 0 Å². The number of hydrogen-bond donors (Lipinski definition) is 0. The van der Waals surface area contributed by atoms with E-state index in [0.717, 1.165) is 45.0 Å². The molecule has 5 aromatic rings. The summed E-state index contributed by atoms with van der Waals surface area (Å²) in [6.45, 7) is 13.9. The second-order valence-corrected chi connectivity index (χ2v) is 14.5. The van der Waals surface area contributed by atoms with E-state index in [2.05, 4.69) is 132 Å². The quantitative estimate of drug-likeness (QED) is 0.179. The topological polar surface area (TPSA) is 44.2 Å². The third-order valence-electron chi connectivity index (χ3n) is 9.56. The molecular weight excluding hydrogens is 588 g/mol. The van der Waals surface area contributed by atoms with Gasteiger partial charge in [0.2, 0.25) is 0 Å². The van der Waals surface area contributed by atoms with E-state index < -0.39 is 5.41 Å². The SMILES string of the molecule is COc1ccc(C2=C(c3cccnc3)C(c3ccc(C(C)(C)C)cc3)(C(C)(C)C)C(c3ccc(OC)cc3)=C(c3ccccn3)[CH]2)cc1. The van der Waals surface area contributed by atoms with Crippen LogP contribution >= 0.6 is 0 Å². The number of rotatable bonds is 7. The Morgan fingerprint density at radius 1 is 0.562 bits per heavy atom. The third-order valence-corrected chi connectivity index (χ3v) is 9.56. The van der Waals surface area contributed by atoms with Crippen LogP contribution < -0.4 is 9.47 Å². The summed E-state index contributed by atoms with van der Waals surface area (Å²) >= 11 is 0. The molecule has 2 aromatic heterocycles. The Hall–Kier alpha value is -4.96. The van der Waals surface area contributed by atoms with Crippen molar-refractivity contribution in [2.45, 2.75) is 52.4 Å². The van der Waals surface area contributed by atoms with Crippen LogP contribution in [-0.2, 0) is 10.8 Å². The average molecular weight is 634 g/mol. The van der Waals surface area contributed by atoms with Crippen molar-refractivity contribution >= 4 is 22.3 Å². The van der Waals surface area contributed by atoms with E-state index in [0.29, 0.717) is 0 Å². The van der Waals surface area contributed by atoms with Gasteiger partial charge in [0.15, 0.2) is 0 Å². The summed E-state index contributed by atoms with van der Waals surface area (Å²) < 4.78 is 11.2. The molecule has 0 saturated carbocycles. The zero-order valence-electron chi connectivity index (χ0n) is 29.3. The van der Waals surface area contributed by atoms with Crippen LogP contribution in [0.2, 0.25) is 0 Å². The van der Waals surface area contributed by atoms with Crippen molar-refractivity contribution in [3.05, 3.63) is 162 Å².